The monoisotopic (exact) mass is 399 g/mol. The Balaban J connectivity index is 2.05. The van der Waals surface area contributed by atoms with Crippen molar-refractivity contribution in [1.82, 2.24) is 9.78 Å². The minimum Gasteiger partial charge on any atom is -0.546 e. The van der Waals surface area contributed by atoms with Gasteiger partial charge in [-0.3, -0.25) is 9.89 Å². The lowest BCUT2D eigenvalue weighted by Gasteiger charge is -2.11. The second-order valence-corrected chi connectivity index (χ2v) is 6.22. The normalized spacial score (nSPS) is 11.4. The molecule has 0 saturated heterocycles. The maximum absolute atomic E-state index is 12.8. The Morgan fingerprint density at radius 3 is 2.71 bits per heavy atom. The predicted octanol–water partition coefficient (Wildman–Crippen LogP) is 0.195. The summed E-state index contributed by atoms with van der Waals surface area (Å²) in [6.45, 7) is 3.29. The van der Waals surface area contributed by atoms with Gasteiger partial charge in [-0.05, 0) is 35.9 Å². The zero-order chi connectivity index (χ0) is 20.3. The van der Waals surface area contributed by atoms with E-state index in [1.807, 2.05) is 0 Å². The van der Waals surface area contributed by atoms with E-state index in [-0.39, 0.29) is 11.3 Å². The van der Waals surface area contributed by atoms with Gasteiger partial charge in [0.05, 0.1) is 34.4 Å². The number of nitrogens with zero attached hydrogens (tertiary/aromatic N) is 1. The molecule has 3 aromatic rings. The topological polar surface area (TPSA) is 96.4 Å². The average Bonchev–Trinajstić information content (AvgIpc) is 2.95. The summed E-state index contributed by atoms with van der Waals surface area (Å²) in [7, 11) is 1.43. The van der Waals surface area contributed by atoms with Crippen LogP contribution in [-0.4, -0.2) is 29.5 Å². The number of nitrogens with one attached hydrogen (secondary N) is 1. The van der Waals surface area contributed by atoms with Gasteiger partial charge in [-0.1, -0.05) is 36.4 Å². The first kappa shape index (κ1) is 19.3. The quantitative estimate of drug-likeness (QED) is 0.638. The number of methoxy groups -OCH3 is 1. The number of carbonyl (C=O) groups excluding carboxylic acids is 1. The number of benzene rings is 2. The van der Waals surface area contributed by atoms with Gasteiger partial charge in [0.2, 0.25) is 0 Å². The van der Waals surface area contributed by atoms with E-state index >= 15 is 0 Å². The lowest BCUT2D eigenvalue weighted by molar-refractivity contribution is -0.307. The third kappa shape index (κ3) is 3.94. The molecule has 0 amide bonds. The van der Waals surface area contributed by atoms with E-state index in [9.17, 15) is 14.7 Å². The van der Waals surface area contributed by atoms with Crippen molar-refractivity contribution in [3.63, 3.8) is 0 Å². The molecule has 0 aliphatic heterocycles. The molecule has 0 spiro atoms. The highest BCUT2D eigenvalue weighted by Gasteiger charge is 2.09. The zero-order valence-electron chi connectivity index (χ0n) is 14.9. The fourth-order valence-corrected chi connectivity index (χ4v) is 2.86. The van der Waals surface area contributed by atoms with Gasteiger partial charge in [0, 0.05) is 0 Å². The fourth-order valence-electron chi connectivity index (χ4n) is 2.64. The Bertz CT molecular complexity index is 1200. The van der Waals surface area contributed by atoms with E-state index in [0.29, 0.717) is 32.6 Å². The Hall–Kier alpha value is -3.45. The Morgan fingerprint density at radius 2 is 2.04 bits per heavy atom. The molecule has 0 saturated carbocycles. The van der Waals surface area contributed by atoms with Gasteiger partial charge in [0.1, 0.15) is 6.61 Å². The van der Waals surface area contributed by atoms with Crippen LogP contribution in [0.2, 0.25) is 5.02 Å². The standard InChI is InChI=1S/C20H17ClN2O5/c1-12-14(20(26)23(22-12)16-6-4-3-5-15(16)21)9-13-7-8-17(18(10-13)27-2)28-11-19(24)25/h3-10,22H,1,11H2,2H3,(H,24,25)/p-1/b14-9-. The van der Waals surface area contributed by atoms with E-state index in [1.165, 1.54) is 11.8 Å². The first-order valence-corrected chi connectivity index (χ1v) is 8.56. The minimum atomic E-state index is -1.34. The van der Waals surface area contributed by atoms with Crippen LogP contribution in [0.4, 0.5) is 0 Å². The number of aromatic amines is 1. The molecule has 144 valence electrons. The minimum absolute atomic E-state index is 0.251. The van der Waals surface area contributed by atoms with Crippen LogP contribution in [0.5, 0.6) is 11.5 Å². The number of para-hydroxylation sites is 1. The zero-order valence-corrected chi connectivity index (χ0v) is 15.7. The van der Waals surface area contributed by atoms with E-state index < -0.39 is 12.6 Å². The second kappa shape index (κ2) is 8.06. The molecular weight excluding hydrogens is 384 g/mol. The fraction of sp³-hybridized carbons (Fsp3) is 0.100. The van der Waals surface area contributed by atoms with Crippen LogP contribution in [0.25, 0.3) is 18.3 Å². The van der Waals surface area contributed by atoms with Gasteiger partial charge in [0.25, 0.3) is 5.56 Å². The second-order valence-electron chi connectivity index (χ2n) is 5.81. The number of rotatable bonds is 6. The molecule has 1 N–H and O–H groups in total. The summed E-state index contributed by atoms with van der Waals surface area (Å²) in [6, 6.07) is 11.8. The number of halogens is 1. The molecule has 7 nitrogen and oxygen atoms in total. The number of hydrogen-bond acceptors (Lipinski definition) is 5. The molecule has 0 bridgehead atoms. The highest BCUT2D eigenvalue weighted by atomic mass is 35.5. The Labute approximate surface area is 164 Å². The third-order valence-corrected chi connectivity index (χ3v) is 4.26. The van der Waals surface area contributed by atoms with E-state index in [2.05, 4.69) is 11.7 Å². The van der Waals surface area contributed by atoms with Gasteiger partial charge in [-0.25, -0.2) is 4.68 Å². The molecule has 0 aliphatic carbocycles. The maximum Gasteiger partial charge on any atom is 0.279 e. The Kier molecular flexibility index (Phi) is 5.56. The van der Waals surface area contributed by atoms with Crippen molar-refractivity contribution < 1.29 is 19.4 Å². The number of aliphatic carboxylic acids is 1. The van der Waals surface area contributed by atoms with Crippen molar-refractivity contribution in [2.45, 2.75) is 0 Å². The summed E-state index contributed by atoms with van der Waals surface area (Å²) < 4.78 is 11.7. The first-order chi connectivity index (χ1) is 13.4. The predicted molar refractivity (Wildman–Crippen MR) is 103 cm³/mol. The number of hydrogen-bond donors (Lipinski definition) is 1. The summed E-state index contributed by atoms with van der Waals surface area (Å²) in [6.07, 6.45) is 1.64. The number of carboxylic acids is 1. The van der Waals surface area contributed by atoms with Crippen LogP contribution in [0.15, 0.2) is 47.3 Å². The molecule has 0 aliphatic rings. The summed E-state index contributed by atoms with van der Waals surface area (Å²) in [5, 5.41) is 14.7. The van der Waals surface area contributed by atoms with Crippen LogP contribution in [-0.2, 0) is 4.79 Å². The van der Waals surface area contributed by atoms with Crippen LogP contribution in [0.3, 0.4) is 0 Å². The van der Waals surface area contributed by atoms with Crippen molar-refractivity contribution in [2.75, 3.05) is 13.7 Å². The van der Waals surface area contributed by atoms with Gasteiger partial charge in [0.15, 0.2) is 11.5 Å². The number of ether oxygens (including phenoxy) is 2. The summed E-state index contributed by atoms with van der Waals surface area (Å²) in [5.74, 6) is -0.768. The van der Waals surface area contributed by atoms with Crippen LogP contribution in [0, 0.1) is 0 Å². The van der Waals surface area contributed by atoms with Crippen molar-refractivity contribution in [3.8, 4) is 17.2 Å². The van der Waals surface area contributed by atoms with Gasteiger partial charge < -0.3 is 19.4 Å². The molecule has 0 atom stereocenters. The van der Waals surface area contributed by atoms with Crippen molar-refractivity contribution in [2.24, 2.45) is 0 Å². The molecule has 3 rings (SSSR count). The average molecular weight is 400 g/mol. The maximum atomic E-state index is 12.8. The van der Waals surface area contributed by atoms with Crippen LogP contribution < -0.4 is 30.7 Å². The number of carboxylic acid groups (broad SMARTS) is 1. The van der Waals surface area contributed by atoms with Crippen LogP contribution in [0.1, 0.15) is 5.56 Å². The number of H-pyrrole nitrogens is 1. The Morgan fingerprint density at radius 1 is 1.29 bits per heavy atom. The number of aromatic nitrogens is 2. The van der Waals surface area contributed by atoms with Gasteiger partial charge in [-0.15, -0.1) is 0 Å². The molecule has 8 heteroatoms. The molecule has 0 radical (unpaired) electrons. The lowest BCUT2D eigenvalue weighted by atomic mass is 10.1. The molecule has 1 aromatic heterocycles. The first-order valence-electron chi connectivity index (χ1n) is 8.18. The number of carbonyl (C=O) groups is 1. The lowest BCUT2D eigenvalue weighted by Crippen LogP contribution is -2.34. The highest BCUT2D eigenvalue weighted by Crippen LogP contribution is 2.28. The van der Waals surface area contributed by atoms with Gasteiger partial charge >= 0.3 is 0 Å². The smallest absolute Gasteiger partial charge is 0.279 e. The van der Waals surface area contributed by atoms with E-state index in [1.54, 1.807) is 48.5 Å². The van der Waals surface area contributed by atoms with E-state index in [4.69, 9.17) is 21.1 Å². The molecule has 2 aromatic carbocycles. The van der Waals surface area contributed by atoms with Crippen molar-refractivity contribution in [3.05, 3.63) is 74.0 Å². The molecule has 1 heterocycles. The SMILES string of the molecule is C=c1[nH]n(-c2ccccc2Cl)c(=O)/c1=C\c1ccc(OCC(=O)[O-])c(OC)c1. The molecular formula is C20H16ClN2O5-. The molecule has 28 heavy (non-hydrogen) atoms. The van der Waals surface area contributed by atoms with Crippen LogP contribution >= 0.6 is 11.6 Å². The summed E-state index contributed by atoms with van der Waals surface area (Å²) in [5.41, 5.74) is 0.849. The largest absolute Gasteiger partial charge is 0.546 e. The molecule has 0 fully saturated rings. The van der Waals surface area contributed by atoms with E-state index in [0.717, 1.165) is 0 Å². The summed E-state index contributed by atoms with van der Waals surface area (Å²) in [4.78, 5) is 23.4. The highest BCUT2D eigenvalue weighted by molar-refractivity contribution is 6.32. The summed E-state index contributed by atoms with van der Waals surface area (Å²) >= 11 is 6.17. The molecule has 0 unspecified atom stereocenters. The van der Waals surface area contributed by atoms with Gasteiger partial charge in [-0.2, -0.15) is 0 Å². The van der Waals surface area contributed by atoms with Crippen molar-refractivity contribution in [1.29, 1.82) is 0 Å². The van der Waals surface area contributed by atoms with Crippen molar-refractivity contribution >= 4 is 30.2 Å². The third-order valence-electron chi connectivity index (χ3n) is 3.94.